The van der Waals surface area contributed by atoms with Crippen LogP contribution in [0.3, 0.4) is 0 Å². The number of amides is 1. The highest BCUT2D eigenvalue weighted by molar-refractivity contribution is 5.93. The lowest BCUT2D eigenvalue weighted by Gasteiger charge is -2.15. The zero-order chi connectivity index (χ0) is 27.6. The highest BCUT2D eigenvalue weighted by Gasteiger charge is 2.33. The highest BCUT2D eigenvalue weighted by Crippen LogP contribution is 2.37. The summed E-state index contributed by atoms with van der Waals surface area (Å²) in [5.41, 5.74) is 0.478. The molecular weight excluding hydrogens is 503 g/mol. The number of carbonyl (C=O) groups is 1. The first kappa shape index (κ1) is 26.6. The van der Waals surface area contributed by atoms with Gasteiger partial charge in [0.1, 0.15) is 5.58 Å². The lowest BCUT2D eigenvalue weighted by atomic mass is 10.0. The Morgan fingerprint density at radius 3 is 2.32 bits per heavy atom. The molecule has 0 unspecified atom stereocenters. The molecule has 7 nitrogen and oxygen atoms in total. The van der Waals surface area contributed by atoms with Crippen molar-refractivity contribution in [2.45, 2.75) is 20.0 Å². The standard InChI is InChI=1S/C28H24F3NO6/c1-15-11-18-22(12-16(15)2)38-26(17-9-10-21(35-3)23(13-17)36-4)27(25(18)34)37-14-24(33)32-20-8-6-5-7-19(20)28(29,30)31/h5-13H,14H2,1-4H3,(H,32,33). The predicted molar refractivity (Wildman–Crippen MR) is 136 cm³/mol. The summed E-state index contributed by atoms with van der Waals surface area (Å²) in [6.07, 6.45) is -4.67. The average Bonchev–Trinajstić information content (AvgIpc) is 2.88. The van der Waals surface area contributed by atoms with Crippen molar-refractivity contribution in [3.8, 4) is 28.6 Å². The molecule has 0 aliphatic carbocycles. The van der Waals surface area contributed by atoms with Crippen molar-refractivity contribution < 1.29 is 36.6 Å². The van der Waals surface area contributed by atoms with Gasteiger partial charge in [0.25, 0.3) is 5.91 Å². The summed E-state index contributed by atoms with van der Waals surface area (Å²) in [6, 6.07) is 12.8. The van der Waals surface area contributed by atoms with E-state index in [-0.39, 0.29) is 16.9 Å². The quantitative estimate of drug-likeness (QED) is 0.311. The van der Waals surface area contributed by atoms with Crippen LogP contribution in [-0.4, -0.2) is 26.7 Å². The molecule has 10 heteroatoms. The maximum absolute atomic E-state index is 13.5. The van der Waals surface area contributed by atoms with Gasteiger partial charge in [-0.25, -0.2) is 0 Å². The van der Waals surface area contributed by atoms with E-state index in [1.807, 2.05) is 13.8 Å². The second kappa shape index (κ2) is 10.5. The van der Waals surface area contributed by atoms with Crippen LogP contribution in [0.15, 0.2) is 63.8 Å². The van der Waals surface area contributed by atoms with E-state index < -0.39 is 35.4 Å². The molecule has 198 valence electrons. The minimum Gasteiger partial charge on any atom is -0.493 e. The minimum atomic E-state index is -4.67. The smallest absolute Gasteiger partial charge is 0.418 e. The monoisotopic (exact) mass is 527 g/mol. The van der Waals surface area contributed by atoms with Gasteiger partial charge in [0.05, 0.1) is 30.9 Å². The van der Waals surface area contributed by atoms with Crippen LogP contribution in [0.2, 0.25) is 0 Å². The van der Waals surface area contributed by atoms with E-state index in [1.54, 1.807) is 30.3 Å². The van der Waals surface area contributed by atoms with Crippen LogP contribution in [0, 0.1) is 13.8 Å². The van der Waals surface area contributed by atoms with Gasteiger partial charge in [-0.2, -0.15) is 13.2 Å². The summed E-state index contributed by atoms with van der Waals surface area (Å²) >= 11 is 0. The fourth-order valence-electron chi connectivity index (χ4n) is 3.90. The molecule has 1 heterocycles. The Kier molecular flexibility index (Phi) is 7.34. The first-order valence-electron chi connectivity index (χ1n) is 11.4. The van der Waals surface area contributed by atoms with E-state index in [0.29, 0.717) is 22.6 Å². The van der Waals surface area contributed by atoms with Gasteiger partial charge in [0.15, 0.2) is 23.9 Å². The van der Waals surface area contributed by atoms with E-state index in [4.69, 9.17) is 18.6 Å². The average molecular weight is 527 g/mol. The third-order valence-corrected chi connectivity index (χ3v) is 5.96. The number of nitrogens with one attached hydrogen (secondary N) is 1. The van der Waals surface area contributed by atoms with Gasteiger partial charge < -0.3 is 23.9 Å². The SMILES string of the molecule is COc1ccc(-c2oc3cc(C)c(C)cc3c(=O)c2OCC(=O)Nc2ccccc2C(F)(F)F)cc1OC. The summed E-state index contributed by atoms with van der Waals surface area (Å²) in [6.45, 7) is 2.97. The normalized spacial score (nSPS) is 11.3. The molecule has 0 radical (unpaired) electrons. The van der Waals surface area contributed by atoms with Crippen molar-refractivity contribution in [1.29, 1.82) is 0 Å². The molecule has 0 saturated heterocycles. The molecule has 0 fully saturated rings. The van der Waals surface area contributed by atoms with E-state index in [2.05, 4.69) is 5.32 Å². The fourth-order valence-corrected chi connectivity index (χ4v) is 3.90. The second-order valence-corrected chi connectivity index (χ2v) is 8.47. The van der Waals surface area contributed by atoms with Crippen LogP contribution in [0.1, 0.15) is 16.7 Å². The molecule has 4 aromatic rings. The molecule has 0 atom stereocenters. The van der Waals surface area contributed by atoms with E-state index in [1.165, 1.54) is 26.4 Å². The zero-order valence-corrected chi connectivity index (χ0v) is 21.0. The number of methoxy groups -OCH3 is 2. The maximum atomic E-state index is 13.5. The molecule has 0 aliphatic heterocycles. The molecule has 1 aromatic heterocycles. The van der Waals surface area contributed by atoms with Crippen LogP contribution in [0.25, 0.3) is 22.3 Å². The van der Waals surface area contributed by atoms with Gasteiger partial charge in [-0.05, 0) is 67.4 Å². The highest BCUT2D eigenvalue weighted by atomic mass is 19.4. The molecule has 0 aliphatic rings. The Balaban J connectivity index is 1.75. The number of aryl methyl sites for hydroxylation is 2. The molecular formula is C28H24F3NO6. The van der Waals surface area contributed by atoms with Crippen molar-refractivity contribution >= 4 is 22.6 Å². The Bertz CT molecular complexity index is 1580. The van der Waals surface area contributed by atoms with Crippen LogP contribution in [0.4, 0.5) is 18.9 Å². The minimum absolute atomic E-state index is 0.0233. The number of hydrogen-bond donors (Lipinski definition) is 1. The van der Waals surface area contributed by atoms with E-state index in [9.17, 15) is 22.8 Å². The third kappa shape index (κ3) is 5.29. The summed E-state index contributed by atoms with van der Waals surface area (Å²) in [5, 5.41) is 2.43. The summed E-state index contributed by atoms with van der Waals surface area (Å²) < 4.78 is 62.3. The second-order valence-electron chi connectivity index (χ2n) is 8.47. The van der Waals surface area contributed by atoms with E-state index in [0.717, 1.165) is 23.3 Å². The van der Waals surface area contributed by atoms with Crippen molar-refractivity contribution in [3.63, 3.8) is 0 Å². The largest absolute Gasteiger partial charge is 0.493 e. The molecule has 4 rings (SSSR count). The van der Waals surface area contributed by atoms with Gasteiger partial charge >= 0.3 is 6.18 Å². The third-order valence-electron chi connectivity index (χ3n) is 5.96. The van der Waals surface area contributed by atoms with Gasteiger partial charge in [0, 0.05) is 5.56 Å². The number of halogens is 3. The van der Waals surface area contributed by atoms with Gasteiger partial charge in [-0.3, -0.25) is 9.59 Å². The Morgan fingerprint density at radius 2 is 1.63 bits per heavy atom. The van der Waals surface area contributed by atoms with Crippen molar-refractivity contribution in [2.75, 3.05) is 26.1 Å². The summed E-state index contributed by atoms with van der Waals surface area (Å²) in [5.74, 6) is -0.335. The Morgan fingerprint density at radius 1 is 0.947 bits per heavy atom. The van der Waals surface area contributed by atoms with Crippen molar-refractivity contribution in [3.05, 3.63) is 81.5 Å². The number of benzene rings is 3. The van der Waals surface area contributed by atoms with Crippen LogP contribution in [0.5, 0.6) is 17.2 Å². The molecule has 3 aromatic carbocycles. The predicted octanol–water partition coefficient (Wildman–Crippen LogP) is 6.13. The molecule has 0 saturated carbocycles. The molecule has 0 bridgehead atoms. The molecule has 1 amide bonds. The van der Waals surface area contributed by atoms with Crippen LogP contribution >= 0.6 is 0 Å². The molecule has 38 heavy (non-hydrogen) atoms. The Labute approximate surface area is 215 Å². The molecule has 0 spiro atoms. The van der Waals surface area contributed by atoms with Gasteiger partial charge in [0.2, 0.25) is 11.2 Å². The number of alkyl halides is 3. The van der Waals surface area contributed by atoms with Crippen molar-refractivity contribution in [2.24, 2.45) is 0 Å². The number of rotatable bonds is 7. The van der Waals surface area contributed by atoms with Crippen LogP contribution < -0.4 is 25.0 Å². The van der Waals surface area contributed by atoms with Crippen molar-refractivity contribution in [1.82, 2.24) is 0 Å². The molecule has 1 N–H and O–H groups in total. The lowest BCUT2D eigenvalue weighted by Crippen LogP contribution is -2.24. The maximum Gasteiger partial charge on any atom is 0.418 e. The first-order valence-corrected chi connectivity index (χ1v) is 11.4. The van der Waals surface area contributed by atoms with Gasteiger partial charge in [-0.15, -0.1) is 0 Å². The number of carbonyl (C=O) groups excluding carboxylic acids is 1. The fraction of sp³-hybridized carbons (Fsp3) is 0.214. The van der Waals surface area contributed by atoms with Crippen LogP contribution in [-0.2, 0) is 11.0 Å². The number of para-hydroxylation sites is 1. The first-order chi connectivity index (χ1) is 18.0. The summed E-state index contributed by atoms with van der Waals surface area (Å²) in [7, 11) is 2.92. The number of hydrogen-bond acceptors (Lipinski definition) is 6. The number of fused-ring (bicyclic) bond motifs is 1. The number of ether oxygens (including phenoxy) is 3. The summed E-state index contributed by atoms with van der Waals surface area (Å²) in [4.78, 5) is 26.1. The Hall–Kier alpha value is -4.47. The number of anilines is 1. The zero-order valence-electron chi connectivity index (χ0n) is 21.0. The van der Waals surface area contributed by atoms with Gasteiger partial charge in [-0.1, -0.05) is 12.1 Å². The lowest BCUT2D eigenvalue weighted by molar-refractivity contribution is -0.137. The topological polar surface area (TPSA) is 87.0 Å². The van der Waals surface area contributed by atoms with E-state index >= 15 is 0 Å².